The van der Waals surface area contributed by atoms with Crippen molar-refractivity contribution in [1.82, 2.24) is 9.97 Å². The molecule has 4 nitrogen and oxygen atoms in total. The number of hydrogen-bond donors (Lipinski definition) is 2. The summed E-state index contributed by atoms with van der Waals surface area (Å²) >= 11 is 3.49. The Morgan fingerprint density at radius 3 is 2.45 bits per heavy atom. The largest absolute Gasteiger partial charge is 0.369 e. The fraction of sp³-hybridized carbons (Fsp3) is 0.733. The molecule has 0 aliphatic heterocycles. The van der Waals surface area contributed by atoms with Gasteiger partial charge in [0.2, 0.25) is 5.95 Å². The van der Waals surface area contributed by atoms with Gasteiger partial charge in [0, 0.05) is 19.3 Å². The zero-order valence-corrected chi connectivity index (χ0v) is 14.3. The lowest BCUT2D eigenvalue weighted by Gasteiger charge is -2.09. The molecule has 0 amide bonds. The third kappa shape index (κ3) is 7.08. The molecule has 0 saturated heterocycles. The van der Waals surface area contributed by atoms with E-state index >= 15 is 0 Å². The highest BCUT2D eigenvalue weighted by atomic mass is 79.9. The second kappa shape index (κ2) is 10.9. The summed E-state index contributed by atoms with van der Waals surface area (Å²) in [5, 5.41) is 6.59. The van der Waals surface area contributed by atoms with E-state index in [1.807, 2.05) is 0 Å². The topological polar surface area (TPSA) is 49.8 Å². The standard InChI is InChI=1S/C15H27BrN4/c1-3-5-6-7-8-9-11-17-14-13(16)12-19-15(20-14)18-10-4-2/h12H,3-11H2,1-2H3,(H2,17,18,19,20). The molecule has 114 valence electrons. The summed E-state index contributed by atoms with van der Waals surface area (Å²) < 4.78 is 0.922. The highest BCUT2D eigenvalue weighted by Crippen LogP contribution is 2.20. The van der Waals surface area contributed by atoms with Crippen molar-refractivity contribution < 1.29 is 0 Å². The lowest BCUT2D eigenvalue weighted by atomic mass is 10.1. The molecule has 1 aromatic heterocycles. The van der Waals surface area contributed by atoms with Crippen molar-refractivity contribution in [3.8, 4) is 0 Å². The van der Waals surface area contributed by atoms with Gasteiger partial charge in [0.25, 0.3) is 0 Å². The Labute approximate surface area is 131 Å². The van der Waals surface area contributed by atoms with E-state index in [-0.39, 0.29) is 0 Å². The zero-order valence-electron chi connectivity index (χ0n) is 12.7. The van der Waals surface area contributed by atoms with Crippen LogP contribution in [0.5, 0.6) is 0 Å². The average molecular weight is 343 g/mol. The van der Waals surface area contributed by atoms with E-state index in [0.29, 0.717) is 5.95 Å². The van der Waals surface area contributed by atoms with Crippen molar-refractivity contribution in [2.45, 2.75) is 58.8 Å². The summed E-state index contributed by atoms with van der Waals surface area (Å²) in [5.41, 5.74) is 0. The predicted octanol–water partition coefficient (Wildman–Crippen LogP) is 4.83. The van der Waals surface area contributed by atoms with Crippen LogP contribution in [0, 0.1) is 0 Å². The van der Waals surface area contributed by atoms with Gasteiger partial charge in [-0.3, -0.25) is 0 Å². The van der Waals surface area contributed by atoms with Crippen molar-refractivity contribution >= 4 is 27.7 Å². The van der Waals surface area contributed by atoms with Crippen LogP contribution in [0.15, 0.2) is 10.7 Å². The molecular weight excluding hydrogens is 316 g/mol. The number of rotatable bonds is 11. The van der Waals surface area contributed by atoms with Crippen LogP contribution < -0.4 is 10.6 Å². The second-order valence-electron chi connectivity index (χ2n) is 5.01. The summed E-state index contributed by atoms with van der Waals surface area (Å²) in [5.74, 6) is 1.58. The molecule has 0 bridgehead atoms. The normalized spacial score (nSPS) is 10.6. The third-order valence-electron chi connectivity index (χ3n) is 3.10. The number of nitrogens with one attached hydrogen (secondary N) is 2. The summed E-state index contributed by atoms with van der Waals surface area (Å²) in [6, 6.07) is 0. The minimum atomic E-state index is 0.695. The van der Waals surface area contributed by atoms with Crippen molar-refractivity contribution in [1.29, 1.82) is 0 Å². The van der Waals surface area contributed by atoms with Crippen LogP contribution in [0.2, 0.25) is 0 Å². The van der Waals surface area contributed by atoms with Crippen LogP contribution >= 0.6 is 15.9 Å². The number of aromatic nitrogens is 2. The molecular formula is C15H27BrN4. The predicted molar refractivity (Wildman–Crippen MR) is 90.4 cm³/mol. The third-order valence-corrected chi connectivity index (χ3v) is 3.68. The maximum absolute atomic E-state index is 4.48. The molecule has 0 fully saturated rings. The summed E-state index contributed by atoms with van der Waals surface area (Å²) in [6.45, 7) is 6.25. The van der Waals surface area contributed by atoms with Gasteiger partial charge in [-0.25, -0.2) is 4.98 Å². The van der Waals surface area contributed by atoms with Gasteiger partial charge in [-0.2, -0.15) is 4.98 Å². The molecule has 0 radical (unpaired) electrons. The van der Waals surface area contributed by atoms with Gasteiger partial charge >= 0.3 is 0 Å². The van der Waals surface area contributed by atoms with Crippen LogP contribution in [0.1, 0.15) is 58.8 Å². The number of halogens is 1. The molecule has 0 saturated carbocycles. The molecule has 0 unspecified atom stereocenters. The molecule has 2 N–H and O–H groups in total. The number of unbranched alkanes of at least 4 members (excludes halogenated alkanes) is 5. The summed E-state index contributed by atoms with van der Waals surface area (Å²) in [4.78, 5) is 8.72. The van der Waals surface area contributed by atoms with E-state index in [4.69, 9.17) is 0 Å². The Balaban J connectivity index is 2.27. The quantitative estimate of drug-likeness (QED) is 0.565. The lowest BCUT2D eigenvalue weighted by molar-refractivity contribution is 0.616. The maximum atomic E-state index is 4.48. The molecule has 0 spiro atoms. The average Bonchev–Trinajstić information content (AvgIpc) is 2.46. The Bertz CT molecular complexity index is 371. The minimum absolute atomic E-state index is 0.695. The first-order valence-corrected chi connectivity index (χ1v) is 8.57. The zero-order chi connectivity index (χ0) is 14.6. The van der Waals surface area contributed by atoms with Crippen LogP contribution in [-0.4, -0.2) is 23.1 Å². The van der Waals surface area contributed by atoms with Crippen LogP contribution in [0.25, 0.3) is 0 Å². The van der Waals surface area contributed by atoms with Crippen molar-refractivity contribution in [3.05, 3.63) is 10.7 Å². The van der Waals surface area contributed by atoms with E-state index < -0.39 is 0 Å². The van der Waals surface area contributed by atoms with Crippen molar-refractivity contribution in [2.75, 3.05) is 23.7 Å². The van der Waals surface area contributed by atoms with Gasteiger partial charge < -0.3 is 10.6 Å². The molecule has 5 heteroatoms. The first kappa shape index (κ1) is 17.2. The number of nitrogens with zero attached hydrogens (tertiary/aromatic N) is 2. The minimum Gasteiger partial charge on any atom is -0.369 e. The number of hydrogen-bond acceptors (Lipinski definition) is 4. The van der Waals surface area contributed by atoms with E-state index in [1.54, 1.807) is 6.20 Å². The molecule has 1 heterocycles. The molecule has 0 aliphatic carbocycles. The fourth-order valence-electron chi connectivity index (χ4n) is 1.93. The van der Waals surface area contributed by atoms with E-state index in [2.05, 4.69) is 50.4 Å². The van der Waals surface area contributed by atoms with E-state index in [0.717, 1.165) is 29.8 Å². The Morgan fingerprint density at radius 2 is 1.70 bits per heavy atom. The Kier molecular flexibility index (Phi) is 9.37. The smallest absolute Gasteiger partial charge is 0.224 e. The first-order chi connectivity index (χ1) is 9.77. The lowest BCUT2D eigenvalue weighted by Crippen LogP contribution is -2.09. The fourth-order valence-corrected chi connectivity index (χ4v) is 2.26. The highest BCUT2D eigenvalue weighted by Gasteiger charge is 2.03. The summed E-state index contributed by atoms with van der Waals surface area (Å²) in [6.07, 6.45) is 10.7. The SMILES string of the molecule is CCCCCCCCNc1nc(NCCC)ncc1Br. The van der Waals surface area contributed by atoms with Crippen molar-refractivity contribution in [2.24, 2.45) is 0 Å². The van der Waals surface area contributed by atoms with E-state index in [1.165, 1.54) is 38.5 Å². The van der Waals surface area contributed by atoms with Crippen molar-refractivity contribution in [3.63, 3.8) is 0 Å². The highest BCUT2D eigenvalue weighted by molar-refractivity contribution is 9.10. The Morgan fingerprint density at radius 1 is 0.950 bits per heavy atom. The second-order valence-corrected chi connectivity index (χ2v) is 5.87. The molecule has 20 heavy (non-hydrogen) atoms. The molecule has 0 atom stereocenters. The number of anilines is 2. The van der Waals surface area contributed by atoms with Gasteiger partial charge in [-0.05, 0) is 28.8 Å². The summed E-state index contributed by atoms with van der Waals surface area (Å²) in [7, 11) is 0. The monoisotopic (exact) mass is 342 g/mol. The molecule has 1 aromatic rings. The van der Waals surface area contributed by atoms with Gasteiger partial charge in [-0.1, -0.05) is 46.0 Å². The molecule has 1 rings (SSSR count). The first-order valence-electron chi connectivity index (χ1n) is 7.78. The molecule has 0 aromatic carbocycles. The van der Waals surface area contributed by atoms with Gasteiger partial charge in [0.1, 0.15) is 5.82 Å². The van der Waals surface area contributed by atoms with Crippen LogP contribution in [0.4, 0.5) is 11.8 Å². The Hall–Kier alpha value is -0.840. The van der Waals surface area contributed by atoms with Gasteiger partial charge in [-0.15, -0.1) is 0 Å². The molecule has 0 aliphatic rings. The van der Waals surface area contributed by atoms with Crippen LogP contribution in [-0.2, 0) is 0 Å². The van der Waals surface area contributed by atoms with E-state index in [9.17, 15) is 0 Å². The van der Waals surface area contributed by atoms with Gasteiger partial charge in [0.05, 0.1) is 4.47 Å². The van der Waals surface area contributed by atoms with Gasteiger partial charge in [0.15, 0.2) is 0 Å². The van der Waals surface area contributed by atoms with Crippen LogP contribution in [0.3, 0.4) is 0 Å². The maximum Gasteiger partial charge on any atom is 0.224 e.